The van der Waals surface area contributed by atoms with Crippen molar-refractivity contribution in [3.8, 4) is 0 Å². The first-order valence-corrected chi connectivity index (χ1v) is 14.7. The SMILES string of the molecule is CC(C)CCC[C@@H](C)[C@H]1CC[C@H]2[C@@H]3CC=C4C[C@@H](OCCCCO)CC[C@]4(C)C3CC[C@]12C. The van der Waals surface area contributed by atoms with Gasteiger partial charge in [0, 0.05) is 13.2 Å². The van der Waals surface area contributed by atoms with Crippen LogP contribution in [0, 0.1) is 46.3 Å². The average molecular weight is 459 g/mol. The maximum Gasteiger partial charge on any atom is 0.0612 e. The van der Waals surface area contributed by atoms with Gasteiger partial charge in [-0.1, -0.05) is 65.5 Å². The first-order chi connectivity index (χ1) is 15.8. The highest BCUT2D eigenvalue weighted by atomic mass is 16.5. The summed E-state index contributed by atoms with van der Waals surface area (Å²) >= 11 is 0. The number of rotatable bonds is 10. The maximum absolute atomic E-state index is 9.02. The van der Waals surface area contributed by atoms with E-state index in [1.54, 1.807) is 5.57 Å². The van der Waals surface area contributed by atoms with Crippen LogP contribution < -0.4 is 0 Å². The first-order valence-electron chi connectivity index (χ1n) is 14.7. The van der Waals surface area contributed by atoms with Gasteiger partial charge in [-0.2, -0.15) is 0 Å². The fraction of sp³-hybridized carbons (Fsp3) is 0.935. The maximum atomic E-state index is 9.02. The summed E-state index contributed by atoms with van der Waals surface area (Å²) in [5.74, 6) is 5.49. The van der Waals surface area contributed by atoms with Crippen molar-refractivity contribution >= 4 is 0 Å². The van der Waals surface area contributed by atoms with Gasteiger partial charge in [0.05, 0.1) is 6.10 Å². The molecule has 0 saturated heterocycles. The van der Waals surface area contributed by atoms with E-state index < -0.39 is 0 Å². The van der Waals surface area contributed by atoms with Crippen LogP contribution in [0.3, 0.4) is 0 Å². The van der Waals surface area contributed by atoms with Gasteiger partial charge in [0.25, 0.3) is 0 Å². The summed E-state index contributed by atoms with van der Waals surface area (Å²) < 4.78 is 6.24. The highest BCUT2D eigenvalue weighted by Gasteiger charge is 2.59. The second-order valence-corrected chi connectivity index (χ2v) is 13.5. The Morgan fingerprint density at radius 2 is 1.79 bits per heavy atom. The van der Waals surface area contributed by atoms with E-state index in [1.165, 1.54) is 64.2 Å². The third-order valence-corrected chi connectivity index (χ3v) is 11.2. The standard InChI is InChI=1S/C31H54O2/c1-22(2)9-8-10-23(3)27-13-14-28-26-12-11-24-21-25(33-20-7-6-19-32)15-17-30(24,4)29(26)16-18-31(27,28)5/h11,22-23,25-29,32H,6-10,12-21H2,1-5H3/t23-,25+,26+,27-,28+,29?,30+,31-/m1/s1. The summed E-state index contributed by atoms with van der Waals surface area (Å²) in [7, 11) is 0. The highest BCUT2D eigenvalue weighted by Crippen LogP contribution is 2.67. The zero-order valence-corrected chi connectivity index (χ0v) is 22.6. The topological polar surface area (TPSA) is 29.5 Å². The molecule has 4 aliphatic carbocycles. The molecule has 2 heteroatoms. The van der Waals surface area contributed by atoms with Crippen LogP contribution in [0.5, 0.6) is 0 Å². The monoisotopic (exact) mass is 458 g/mol. The molecule has 0 aromatic carbocycles. The summed E-state index contributed by atoms with van der Waals surface area (Å²) in [6, 6.07) is 0. The molecule has 3 fully saturated rings. The second-order valence-electron chi connectivity index (χ2n) is 13.5. The van der Waals surface area contributed by atoms with E-state index in [0.717, 1.165) is 61.4 Å². The Morgan fingerprint density at radius 3 is 2.55 bits per heavy atom. The summed E-state index contributed by atoms with van der Waals surface area (Å²) in [6.45, 7) is 13.8. The quantitative estimate of drug-likeness (QED) is 0.264. The minimum absolute atomic E-state index is 0.290. The number of hydrogen-bond donors (Lipinski definition) is 1. The number of aliphatic hydroxyl groups excluding tert-OH is 1. The molecule has 0 heterocycles. The van der Waals surface area contributed by atoms with Crippen molar-refractivity contribution < 1.29 is 9.84 Å². The predicted octanol–water partition coefficient (Wildman–Crippen LogP) is 8.19. The summed E-state index contributed by atoms with van der Waals surface area (Å²) in [4.78, 5) is 0. The summed E-state index contributed by atoms with van der Waals surface area (Å²) in [6.07, 6.45) is 20.2. The van der Waals surface area contributed by atoms with Crippen molar-refractivity contribution in [1.29, 1.82) is 0 Å². The lowest BCUT2D eigenvalue weighted by molar-refractivity contribution is -0.0642. The summed E-state index contributed by atoms with van der Waals surface area (Å²) in [5.41, 5.74) is 2.76. The number of aliphatic hydroxyl groups is 1. The Balaban J connectivity index is 1.40. The predicted molar refractivity (Wildman–Crippen MR) is 139 cm³/mol. The van der Waals surface area contributed by atoms with Gasteiger partial charge < -0.3 is 9.84 Å². The van der Waals surface area contributed by atoms with Crippen LogP contribution in [0.15, 0.2) is 11.6 Å². The summed E-state index contributed by atoms with van der Waals surface area (Å²) in [5, 5.41) is 9.02. The second kappa shape index (κ2) is 10.7. The van der Waals surface area contributed by atoms with E-state index in [-0.39, 0.29) is 6.61 Å². The van der Waals surface area contributed by atoms with Gasteiger partial charge in [-0.25, -0.2) is 0 Å². The molecule has 1 N–H and O–H groups in total. The fourth-order valence-electron chi connectivity index (χ4n) is 9.26. The molecule has 1 unspecified atom stereocenters. The van der Waals surface area contributed by atoms with Crippen LogP contribution in [0.2, 0.25) is 0 Å². The minimum atomic E-state index is 0.290. The number of ether oxygens (including phenoxy) is 1. The molecule has 0 aromatic rings. The molecule has 0 bridgehead atoms. The fourth-order valence-corrected chi connectivity index (χ4v) is 9.26. The van der Waals surface area contributed by atoms with Crippen LogP contribution in [-0.4, -0.2) is 24.4 Å². The molecule has 0 amide bonds. The lowest BCUT2D eigenvalue weighted by Crippen LogP contribution is -2.51. The molecule has 8 atom stereocenters. The minimum Gasteiger partial charge on any atom is -0.396 e. The van der Waals surface area contributed by atoms with Crippen LogP contribution in [-0.2, 0) is 4.74 Å². The van der Waals surface area contributed by atoms with Crippen LogP contribution >= 0.6 is 0 Å². The zero-order chi connectivity index (χ0) is 23.6. The normalized spacial score (nSPS) is 41.3. The number of unbranched alkanes of at least 4 members (excludes halogenated alkanes) is 1. The molecule has 33 heavy (non-hydrogen) atoms. The van der Waals surface area contributed by atoms with E-state index in [0.29, 0.717) is 16.9 Å². The van der Waals surface area contributed by atoms with E-state index in [2.05, 4.69) is 40.7 Å². The van der Waals surface area contributed by atoms with Crippen LogP contribution in [0.4, 0.5) is 0 Å². The Morgan fingerprint density at radius 1 is 0.970 bits per heavy atom. The Labute approximate surface area is 205 Å². The smallest absolute Gasteiger partial charge is 0.0612 e. The van der Waals surface area contributed by atoms with Gasteiger partial charge in [-0.3, -0.25) is 0 Å². The van der Waals surface area contributed by atoms with Crippen molar-refractivity contribution in [2.45, 2.75) is 124 Å². The molecule has 0 spiro atoms. The van der Waals surface area contributed by atoms with Crippen molar-refractivity contribution in [3.05, 3.63) is 11.6 Å². The lowest BCUT2D eigenvalue weighted by atomic mass is 9.47. The van der Waals surface area contributed by atoms with E-state index in [1.807, 2.05) is 0 Å². The van der Waals surface area contributed by atoms with Crippen LogP contribution in [0.1, 0.15) is 118 Å². The van der Waals surface area contributed by atoms with Crippen molar-refractivity contribution in [2.24, 2.45) is 46.3 Å². The van der Waals surface area contributed by atoms with Crippen molar-refractivity contribution in [3.63, 3.8) is 0 Å². The highest BCUT2D eigenvalue weighted by molar-refractivity contribution is 5.25. The molecule has 0 aliphatic heterocycles. The van der Waals surface area contributed by atoms with Crippen LogP contribution in [0.25, 0.3) is 0 Å². The largest absolute Gasteiger partial charge is 0.396 e. The van der Waals surface area contributed by atoms with E-state index >= 15 is 0 Å². The van der Waals surface area contributed by atoms with Crippen molar-refractivity contribution in [1.82, 2.24) is 0 Å². The Bertz CT molecular complexity index is 668. The average Bonchev–Trinajstić information content (AvgIpc) is 3.14. The molecular weight excluding hydrogens is 404 g/mol. The van der Waals surface area contributed by atoms with Gasteiger partial charge >= 0.3 is 0 Å². The zero-order valence-electron chi connectivity index (χ0n) is 22.6. The lowest BCUT2D eigenvalue weighted by Gasteiger charge is -2.58. The van der Waals surface area contributed by atoms with Crippen molar-refractivity contribution in [2.75, 3.05) is 13.2 Å². The molecule has 0 radical (unpaired) electrons. The number of hydrogen-bond acceptors (Lipinski definition) is 2. The number of allylic oxidation sites excluding steroid dienone is 1. The third kappa shape index (κ3) is 5.13. The molecule has 0 aromatic heterocycles. The molecular formula is C31H54O2. The van der Waals surface area contributed by atoms with Gasteiger partial charge in [0.15, 0.2) is 0 Å². The van der Waals surface area contributed by atoms with Gasteiger partial charge in [-0.05, 0) is 111 Å². The van der Waals surface area contributed by atoms with E-state index in [4.69, 9.17) is 9.84 Å². The van der Waals surface area contributed by atoms with Gasteiger partial charge in [0.2, 0.25) is 0 Å². The molecule has 2 nitrogen and oxygen atoms in total. The first kappa shape index (κ1) is 25.7. The molecule has 4 rings (SSSR count). The van der Waals surface area contributed by atoms with Gasteiger partial charge in [0.1, 0.15) is 0 Å². The van der Waals surface area contributed by atoms with Gasteiger partial charge in [-0.15, -0.1) is 0 Å². The molecule has 4 aliphatic rings. The Kier molecular flexibility index (Phi) is 8.37. The molecule has 190 valence electrons. The molecule has 3 saturated carbocycles. The number of fused-ring (bicyclic) bond motifs is 5. The van der Waals surface area contributed by atoms with E-state index in [9.17, 15) is 0 Å². The Hall–Kier alpha value is -0.340. The third-order valence-electron chi connectivity index (χ3n) is 11.2.